The van der Waals surface area contributed by atoms with Crippen LogP contribution in [0, 0.1) is 0 Å². The highest BCUT2D eigenvalue weighted by molar-refractivity contribution is 5.94. The number of hydrogen-bond donors (Lipinski definition) is 1. The van der Waals surface area contributed by atoms with Gasteiger partial charge in [-0.05, 0) is 25.0 Å². The molecule has 1 saturated carbocycles. The van der Waals surface area contributed by atoms with E-state index >= 15 is 0 Å². The van der Waals surface area contributed by atoms with Gasteiger partial charge in [-0.2, -0.15) is 7.05 Å². The predicted molar refractivity (Wildman–Crippen MR) is 59.9 cm³/mol. The van der Waals surface area contributed by atoms with Crippen molar-refractivity contribution in [2.75, 3.05) is 7.05 Å². The van der Waals surface area contributed by atoms with Gasteiger partial charge in [-0.3, -0.25) is 4.79 Å². The molecular formula is C12H15N2O-. The lowest BCUT2D eigenvalue weighted by Gasteiger charge is -2.12. The Morgan fingerprint density at radius 2 is 2.33 bits per heavy atom. The Morgan fingerprint density at radius 3 is 3.00 bits per heavy atom. The average molecular weight is 203 g/mol. The van der Waals surface area contributed by atoms with Gasteiger partial charge >= 0.3 is 0 Å². The number of benzene rings is 1. The van der Waals surface area contributed by atoms with Crippen LogP contribution in [0.3, 0.4) is 0 Å². The van der Waals surface area contributed by atoms with Crippen LogP contribution in [0.4, 0.5) is 0 Å². The van der Waals surface area contributed by atoms with Crippen LogP contribution in [0.25, 0.3) is 5.32 Å². The summed E-state index contributed by atoms with van der Waals surface area (Å²) in [5, 5.41) is 7.02. The number of rotatable bonds is 4. The van der Waals surface area contributed by atoms with Crippen molar-refractivity contribution in [2.45, 2.75) is 25.4 Å². The van der Waals surface area contributed by atoms with Crippen LogP contribution < -0.4 is 5.32 Å². The zero-order valence-corrected chi connectivity index (χ0v) is 8.86. The average Bonchev–Trinajstić information content (AvgIpc) is 3.03. The predicted octanol–water partition coefficient (Wildman–Crippen LogP) is 2.08. The Morgan fingerprint density at radius 1 is 1.53 bits per heavy atom. The second-order valence-electron chi connectivity index (χ2n) is 3.92. The minimum atomic E-state index is 0.0375. The molecular weight excluding hydrogens is 188 g/mol. The van der Waals surface area contributed by atoms with Gasteiger partial charge in [0.05, 0.1) is 0 Å². The first-order valence-electron chi connectivity index (χ1n) is 5.25. The molecule has 0 radical (unpaired) electrons. The molecule has 3 heteroatoms. The fourth-order valence-electron chi connectivity index (χ4n) is 1.49. The van der Waals surface area contributed by atoms with E-state index in [-0.39, 0.29) is 5.91 Å². The van der Waals surface area contributed by atoms with E-state index in [2.05, 4.69) is 10.6 Å². The molecule has 0 unspecified atom stereocenters. The maximum atomic E-state index is 11.7. The minimum Gasteiger partial charge on any atom is -0.661 e. The van der Waals surface area contributed by atoms with Gasteiger partial charge in [0.25, 0.3) is 5.91 Å². The molecule has 0 heterocycles. The van der Waals surface area contributed by atoms with Crippen LogP contribution in [-0.4, -0.2) is 19.0 Å². The largest absolute Gasteiger partial charge is 0.661 e. The van der Waals surface area contributed by atoms with E-state index in [1.165, 1.54) is 0 Å². The summed E-state index contributed by atoms with van der Waals surface area (Å²) in [5.41, 5.74) is 1.82. The molecule has 1 aliphatic rings. The third kappa shape index (κ3) is 2.80. The summed E-state index contributed by atoms with van der Waals surface area (Å²) >= 11 is 0. The van der Waals surface area contributed by atoms with Crippen molar-refractivity contribution < 1.29 is 4.79 Å². The standard InChI is InChI=1S/C12H15N2O/c1-13-8-9-3-2-4-10(7-9)12(15)14-11-5-6-11/h2-4,7,11H,5-6,8H2,1H3,(H,14,15)/q-1. The van der Waals surface area contributed by atoms with Crippen molar-refractivity contribution in [3.63, 3.8) is 0 Å². The Balaban J connectivity index is 2.05. The van der Waals surface area contributed by atoms with E-state index in [4.69, 9.17) is 0 Å². The molecule has 0 aromatic heterocycles. The maximum Gasteiger partial charge on any atom is 0.251 e. The number of carbonyl (C=O) groups excluding carboxylic acids is 1. The van der Waals surface area contributed by atoms with Crippen LogP contribution in [0.5, 0.6) is 0 Å². The minimum absolute atomic E-state index is 0.0375. The van der Waals surface area contributed by atoms with Crippen LogP contribution in [-0.2, 0) is 6.54 Å². The molecule has 3 nitrogen and oxygen atoms in total. The lowest BCUT2D eigenvalue weighted by atomic mass is 10.1. The molecule has 0 bridgehead atoms. The fourth-order valence-corrected chi connectivity index (χ4v) is 1.49. The zero-order chi connectivity index (χ0) is 10.7. The van der Waals surface area contributed by atoms with Crippen molar-refractivity contribution in [3.8, 4) is 0 Å². The lowest BCUT2D eigenvalue weighted by molar-refractivity contribution is 0.0951. The molecule has 80 valence electrons. The summed E-state index contributed by atoms with van der Waals surface area (Å²) in [5.74, 6) is 0.0375. The highest BCUT2D eigenvalue weighted by Gasteiger charge is 2.23. The number of carbonyl (C=O) groups is 1. The second kappa shape index (κ2) is 4.45. The number of nitrogens with one attached hydrogen (secondary N) is 1. The molecule has 0 aliphatic heterocycles. The van der Waals surface area contributed by atoms with Gasteiger partial charge in [-0.25, -0.2) is 0 Å². The fraction of sp³-hybridized carbons (Fsp3) is 0.417. The normalized spacial score (nSPS) is 15.0. The summed E-state index contributed by atoms with van der Waals surface area (Å²) in [6, 6.07) is 8.06. The third-order valence-electron chi connectivity index (χ3n) is 2.44. The summed E-state index contributed by atoms with van der Waals surface area (Å²) < 4.78 is 0. The first kappa shape index (κ1) is 10.2. The Bertz CT molecular complexity index is 358. The molecule has 2 rings (SSSR count). The van der Waals surface area contributed by atoms with E-state index < -0.39 is 0 Å². The smallest absolute Gasteiger partial charge is 0.251 e. The molecule has 1 fully saturated rings. The Hall–Kier alpha value is -1.35. The van der Waals surface area contributed by atoms with Gasteiger partial charge in [0, 0.05) is 11.6 Å². The van der Waals surface area contributed by atoms with Crippen molar-refractivity contribution in [1.82, 2.24) is 5.32 Å². The van der Waals surface area contributed by atoms with E-state index in [9.17, 15) is 4.79 Å². The first-order chi connectivity index (χ1) is 7.29. The highest BCUT2D eigenvalue weighted by Crippen LogP contribution is 2.19. The van der Waals surface area contributed by atoms with Crippen LogP contribution in [0.1, 0.15) is 28.8 Å². The Kier molecular flexibility index (Phi) is 3.02. The third-order valence-corrected chi connectivity index (χ3v) is 2.44. The van der Waals surface area contributed by atoms with Gasteiger partial charge in [-0.15, -0.1) is 6.54 Å². The van der Waals surface area contributed by atoms with Gasteiger partial charge in [0.1, 0.15) is 0 Å². The molecule has 1 aromatic rings. The summed E-state index contributed by atoms with van der Waals surface area (Å²) in [6.07, 6.45) is 2.24. The summed E-state index contributed by atoms with van der Waals surface area (Å²) in [4.78, 5) is 11.7. The molecule has 1 aliphatic carbocycles. The maximum absolute atomic E-state index is 11.7. The monoisotopic (exact) mass is 203 g/mol. The lowest BCUT2D eigenvalue weighted by Crippen LogP contribution is -2.25. The van der Waals surface area contributed by atoms with Gasteiger partial charge in [-0.1, -0.05) is 17.7 Å². The molecule has 1 aromatic carbocycles. The topological polar surface area (TPSA) is 43.2 Å². The van der Waals surface area contributed by atoms with Crippen LogP contribution in [0.2, 0.25) is 0 Å². The van der Waals surface area contributed by atoms with Gasteiger partial charge < -0.3 is 10.6 Å². The van der Waals surface area contributed by atoms with Crippen LogP contribution >= 0.6 is 0 Å². The molecule has 15 heavy (non-hydrogen) atoms. The second-order valence-corrected chi connectivity index (χ2v) is 3.92. The highest BCUT2D eigenvalue weighted by atomic mass is 16.1. The van der Waals surface area contributed by atoms with Crippen molar-refractivity contribution in [1.29, 1.82) is 0 Å². The van der Waals surface area contributed by atoms with E-state index in [1.54, 1.807) is 7.05 Å². The Labute approximate surface area is 89.9 Å². The van der Waals surface area contributed by atoms with Crippen molar-refractivity contribution in [2.24, 2.45) is 0 Å². The summed E-state index contributed by atoms with van der Waals surface area (Å²) in [6.45, 7) is 0.671. The first-order valence-corrected chi connectivity index (χ1v) is 5.25. The molecule has 0 saturated heterocycles. The zero-order valence-electron chi connectivity index (χ0n) is 8.86. The van der Waals surface area contributed by atoms with Gasteiger partial charge in [0.15, 0.2) is 0 Å². The number of nitrogens with zero attached hydrogens (tertiary/aromatic N) is 1. The molecule has 0 atom stereocenters. The quantitative estimate of drug-likeness (QED) is 0.800. The summed E-state index contributed by atoms with van der Waals surface area (Å²) in [7, 11) is 1.77. The number of hydrogen-bond acceptors (Lipinski definition) is 1. The van der Waals surface area contributed by atoms with Gasteiger partial charge in [0.2, 0.25) is 0 Å². The number of amides is 1. The van der Waals surface area contributed by atoms with Crippen molar-refractivity contribution >= 4 is 5.91 Å². The molecule has 1 N–H and O–H groups in total. The SMILES string of the molecule is C[N-]Cc1cccc(C(=O)NC2CC2)c1. The van der Waals surface area contributed by atoms with E-state index in [0.717, 1.165) is 24.0 Å². The van der Waals surface area contributed by atoms with E-state index in [0.29, 0.717) is 12.6 Å². The molecule has 0 spiro atoms. The van der Waals surface area contributed by atoms with Crippen molar-refractivity contribution in [3.05, 3.63) is 40.7 Å². The van der Waals surface area contributed by atoms with Crippen LogP contribution in [0.15, 0.2) is 24.3 Å². The van der Waals surface area contributed by atoms with E-state index in [1.807, 2.05) is 24.3 Å². The molecule has 1 amide bonds.